The van der Waals surface area contributed by atoms with Crippen LogP contribution in [-0.4, -0.2) is 50.1 Å². The molecule has 1 aromatic rings. The van der Waals surface area contributed by atoms with Crippen LogP contribution in [-0.2, 0) is 14.8 Å². The molecule has 0 bridgehead atoms. The molecule has 2 rings (SSSR count). The number of hydrogen-bond acceptors (Lipinski definition) is 5. The normalized spacial score (nSPS) is 23.2. The van der Waals surface area contributed by atoms with Crippen LogP contribution in [0, 0.1) is 0 Å². The van der Waals surface area contributed by atoms with Crippen molar-refractivity contribution in [3.05, 3.63) is 18.3 Å². The Bertz CT molecular complexity index is 562. The van der Waals surface area contributed by atoms with Gasteiger partial charge < -0.3 is 10.1 Å². The molecular formula is C13H21N3O3S. The van der Waals surface area contributed by atoms with Crippen molar-refractivity contribution >= 4 is 15.7 Å². The molecule has 1 aliphatic rings. The summed E-state index contributed by atoms with van der Waals surface area (Å²) >= 11 is 0. The van der Waals surface area contributed by atoms with Crippen LogP contribution in [0.2, 0.25) is 0 Å². The summed E-state index contributed by atoms with van der Waals surface area (Å²) in [5.74, 6) is 0. The van der Waals surface area contributed by atoms with E-state index in [9.17, 15) is 8.42 Å². The number of sulfonamides is 1. The molecule has 1 fully saturated rings. The highest BCUT2D eigenvalue weighted by Gasteiger charge is 2.36. The number of hydrogen-bond donors (Lipinski definition) is 1. The second kappa shape index (κ2) is 6.07. The Morgan fingerprint density at radius 1 is 1.55 bits per heavy atom. The van der Waals surface area contributed by atoms with Gasteiger partial charge in [0.05, 0.1) is 17.8 Å². The lowest BCUT2D eigenvalue weighted by molar-refractivity contribution is 0.102. The fraction of sp³-hybridized carbons (Fsp3) is 0.615. The molecule has 0 spiro atoms. The predicted octanol–water partition coefficient (Wildman–Crippen LogP) is 1.31. The summed E-state index contributed by atoms with van der Waals surface area (Å²) in [5.41, 5.74) is 0.536. The van der Waals surface area contributed by atoms with Crippen LogP contribution in [0.5, 0.6) is 0 Å². The Balaban J connectivity index is 2.34. The molecule has 7 heteroatoms. The van der Waals surface area contributed by atoms with Gasteiger partial charge in [0.2, 0.25) is 0 Å². The molecule has 6 nitrogen and oxygen atoms in total. The third-order valence-corrected chi connectivity index (χ3v) is 5.41. The van der Waals surface area contributed by atoms with E-state index in [1.165, 1.54) is 10.5 Å². The van der Waals surface area contributed by atoms with Crippen molar-refractivity contribution in [1.29, 1.82) is 0 Å². The molecule has 0 saturated carbocycles. The zero-order valence-electron chi connectivity index (χ0n) is 12.0. The monoisotopic (exact) mass is 299 g/mol. The van der Waals surface area contributed by atoms with Crippen molar-refractivity contribution in [2.75, 3.05) is 25.5 Å². The SMILES string of the molecule is CCNc1cccnc1S(=O)(=O)N(C)C1CCOC1C. The van der Waals surface area contributed by atoms with E-state index in [-0.39, 0.29) is 17.2 Å². The van der Waals surface area contributed by atoms with Gasteiger partial charge in [-0.15, -0.1) is 0 Å². The van der Waals surface area contributed by atoms with Crippen LogP contribution in [0.3, 0.4) is 0 Å². The number of aromatic nitrogens is 1. The molecule has 1 N–H and O–H groups in total. The number of nitrogens with zero attached hydrogens (tertiary/aromatic N) is 2. The molecule has 2 atom stereocenters. The highest BCUT2D eigenvalue weighted by atomic mass is 32.2. The van der Waals surface area contributed by atoms with Gasteiger partial charge in [-0.05, 0) is 32.4 Å². The summed E-state index contributed by atoms with van der Waals surface area (Å²) in [7, 11) is -2.04. The average molecular weight is 299 g/mol. The van der Waals surface area contributed by atoms with E-state index in [2.05, 4.69) is 10.3 Å². The first kappa shape index (κ1) is 15.2. The van der Waals surface area contributed by atoms with Gasteiger partial charge in [0.25, 0.3) is 10.0 Å². The maximum absolute atomic E-state index is 12.7. The molecule has 2 heterocycles. The first-order valence-corrected chi connectivity index (χ1v) is 8.21. The Morgan fingerprint density at radius 2 is 2.30 bits per heavy atom. The molecule has 112 valence electrons. The number of nitrogens with one attached hydrogen (secondary N) is 1. The van der Waals surface area contributed by atoms with Gasteiger partial charge in [-0.1, -0.05) is 0 Å². The minimum Gasteiger partial charge on any atom is -0.383 e. The van der Waals surface area contributed by atoms with Crippen molar-refractivity contribution in [1.82, 2.24) is 9.29 Å². The van der Waals surface area contributed by atoms with E-state index in [1.807, 2.05) is 13.8 Å². The van der Waals surface area contributed by atoms with Crippen LogP contribution in [0.15, 0.2) is 23.4 Å². The van der Waals surface area contributed by atoms with Crippen molar-refractivity contribution in [3.8, 4) is 0 Å². The lowest BCUT2D eigenvalue weighted by Gasteiger charge is -2.26. The van der Waals surface area contributed by atoms with Crippen molar-refractivity contribution < 1.29 is 13.2 Å². The van der Waals surface area contributed by atoms with Gasteiger partial charge in [0.15, 0.2) is 5.03 Å². The summed E-state index contributed by atoms with van der Waals surface area (Å²) < 4.78 is 32.3. The minimum absolute atomic E-state index is 0.0726. The topological polar surface area (TPSA) is 71.5 Å². The number of likely N-dealkylation sites (N-methyl/N-ethyl adjacent to an activating group) is 1. The first-order chi connectivity index (χ1) is 9.48. The smallest absolute Gasteiger partial charge is 0.262 e. The number of rotatable bonds is 5. The minimum atomic E-state index is -3.63. The van der Waals surface area contributed by atoms with Gasteiger partial charge in [-0.25, -0.2) is 13.4 Å². The first-order valence-electron chi connectivity index (χ1n) is 6.77. The maximum atomic E-state index is 12.7. The molecular weight excluding hydrogens is 278 g/mol. The van der Waals surface area contributed by atoms with E-state index in [1.54, 1.807) is 19.2 Å². The number of ether oxygens (including phenoxy) is 1. The zero-order chi connectivity index (χ0) is 14.8. The molecule has 0 amide bonds. The molecule has 0 radical (unpaired) electrons. The summed E-state index contributed by atoms with van der Waals surface area (Å²) in [5, 5.41) is 3.11. The molecule has 20 heavy (non-hydrogen) atoms. The van der Waals surface area contributed by atoms with Crippen LogP contribution < -0.4 is 5.32 Å². The summed E-state index contributed by atoms with van der Waals surface area (Å²) in [4.78, 5) is 4.05. The molecule has 1 aliphatic heterocycles. The van der Waals surface area contributed by atoms with Crippen molar-refractivity contribution in [2.24, 2.45) is 0 Å². The maximum Gasteiger partial charge on any atom is 0.262 e. The Morgan fingerprint density at radius 3 is 2.90 bits per heavy atom. The van der Waals surface area contributed by atoms with Gasteiger partial charge in [0, 0.05) is 26.4 Å². The second-order valence-corrected chi connectivity index (χ2v) is 6.75. The van der Waals surface area contributed by atoms with Gasteiger partial charge in [-0.3, -0.25) is 0 Å². The molecule has 0 aliphatic carbocycles. The lowest BCUT2D eigenvalue weighted by atomic mass is 10.2. The predicted molar refractivity (Wildman–Crippen MR) is 77.2 cm³/mol. The Kier molecular flexibility index (Phi) is 4.62. The fourth-order valence-electron chi connectivity index (χ4n) is 2.43. The van der Waals surface area contributed by atoms with E-state index >= 15 is 0 Å². The van der Waals surface area contributed by atoms with Crippen molar-refractivity contribution in [3.63, 3.8) is 0 Å². The largest absolute Gasteiger partial charge is 0.383 e. The highest BCUT2D eigenvalue weighted by Crippen LogP contribution is 2.27. The van der Waals surface area contributed by atoms with Crippen molar-refractivity contribution in [2.45, 2.75) is 37.4 Å². The van der Waals surface area contributed by atoms with Crippen LogP contribution in [0.4, 0.5) is 5.69 Å². The van der Waals surface area contributed by atoms with Gasteiger partial charge in [-0.2, -0.15) is 4.31 Å². The van der Waals surface area contributed by atoms with Crippen LogP contribution in [0.25, 0.3) is 0 Å². The zero-order valence-corrected chi connectivity index (χ0v) is 12.9. The van der Waals surface area contributed by atoms with Gasteiger partial charge in [0.1, 0.15) is 0 Å². The molecule has 1 saturated heterocycles. The Labute approximate surface area is 120 Å². The van der Waals surface area contributed by atoms with Crippen LogP contribution in [0.1, 0.15) is 20.3 Å². The molecule has 0 aromatic carbocycles. The fourth-order valence-corrected chi connectivity index (χ4v) is 3.95. The van der Waals surface area contributed by atoms with Gasteiger partial charge >= 0.3 is 0 Å². The highest BCUT2D eigenvalue weighted by molar-refractivity contribution is 7.89. The summed E-state index contributed by atoms with van der Waals surface area (Å²) in [6.07, 6.45) is 2.11. The van der Waals surface area contributed by atoms with E-state index < -0.39 is 10.0 Å². The summed E-state index contributed by atoms with van der Waals surface area (Å²) in [6, 6.07) is 3.31. The average Bonchev–Trinajstić information content (AvgIpc) is 2.85. The molecule has 1 aromatic heterocycles. The Hall–Kier alpha value is -1.18. The van der Waals surface area contributed by atoms with Crippen LogP contribution >= 0.6 is 0 Å². The van der Waals surface area contributed by atoms with E-state index in [4.69, 9.17) is 4.74 Å². The number of pyridine rings is 1. The van der Waals surface area contributed by atoms with E-state index in [0.29, 0.717) is 25.3 Å². The standard InChI is InChI=1S/C13H21N3O3S/c1-4-14-11-6-5-8-15-13(11)20(17,18)16(3)12-7-9-19-10(12)2/h5-6,8,10,12,14H,4,7,9H2,1-3H3. The third-order valence-electron chi connectivity index (χ3n) is 3.57. The lowest BCUT2D eigenvalue weighted by Crippen LogP contribution is -2.41. The summed E-state index contributed by atoms with van der Waals surface area (Å²) in [6.45, 7) is 5.04. The second-order valence-electron chi connectivity index (χ2n) is 4.84. The quantitative estimate of drug-likeness (QED) is 0.887. The van der Waals surface area contributed by atoms with E-state index in [0.717, 1.165) is 0 Å². The molecule has 2 unspecified atom stereocenters. The number of anilines is 1. The third kappa shape index (κ3) is 2.79.